The highest BCUT2D eigenvalue weighted by molar-refractivity contribution is 5.38. The van der Waals surface area contributed by atoms with Crippen LogP contribution in [0.3, 0.4) is 0 Å². The number of aromatic nitrogens is 1. The number of benzene rings is 1. The Hall–Kier alpha value is -2.00. The van der Waals surface area contributed by atoms with Crippen molar-refractivity contribution >= 4 is 0 Å². The number of hydrogen-bond acceptors (Lipinski definition) is 2. The molecule has 2 atom stereocenters. The molecule has 0 saturated carbocycles. The molecule has 23 heavy (non-hydrogen) atoms. The lowest BCUT2D eigenvalue weighted by Gasteiger charge is -2.46. The smallest absolute Gasteiger partial charge is 0.157 e. The second kappa shape index (κ2) is 5.57. The van der Waals surface area contributed by atoms with Crippen molar-refractivity contribution in [1.29, 1.82) is 0 Å². The number of fused-ring (bicyclic) bond motifs is 3. The van der Waals surface area contributed by atoms with E-state index in [0.29, 0.717) is 0 Å². The molecule has 0 radical (unpaired) electrons. The molecule has 4 rings (SSSR count). The van der Waals surface area contributed by atoms with E-state index in [4.69, 9.17) is 4.74 Å². The van der Waals surface area contributed by atoms with Crippen molar-refractivity contribution < 1.29 is 4.74 Å². The summed E-state index contributed by atoms with van der Waals surface area (Å²) in [6.45, 7) is 10.4. The first-order chi connectivity index (χ1) is 11.3. The maximum Gasteiger partial charge on any atom is 0.157 e. The normalized spacial score (nSPS) is 26.9. The molecule has 1 aromatic heterocycles. The number of rotatable bonds is 2. The van der Waals surface area contributed by atoms with Crippen LogP contribution in [0.5, 0.6) is 5.75 Å². The fraction of sp³-hybridized carbons (Fsp3) is 0.400. The zero-order valence-electron chi connectivity index (χ0n) is 13.7. The van der Waals surface area contributed by atoms with E-state index in [0.717, 1.165) is 38.3 Å². The Morgan fingerprint density at radius 1 is 1.30 bits per heavy atom. The number of ether oxygens (including phenoxy) is 1. The Kier molecular flexibility index (Phi) is 3.53. The highest BCUT2D eigenvalue weighted by atomic mass is 16.5. The van der Waals surface area contributed by atoms with Crippen LogP contribution in [-0.4, -0.2) is 29.1 Å². The molecule has 0 N–H and O–H groups in total. The van der Waals surface area contributed by atoms with Gasteiger partial charge in [0.15, 0.2) is 5.60 Å². The van der Waals surface area contributed by atoms with Gasteiger partial charge in [0.05, 0.1) is 12.2 Å². The molecule has 2 aliphatic heterocycles. The van der Waals surface area contributed by atoms with E-state index in [9.17, 15) is 0 Å². The van der Waals surface area contributed by atoms with Gasteiger partial charge in [0.2, 0.25) is 0 Å². The lowest BCUT2D eigenvalue weighted by Crippen LogP contribution is -2.52. The Balaban J connectivity index is 1.85. The van der Waals surface area contributed by atoms with Crippen LogP contribution >= 0.6 is 0 Å². The van der Waals surface area contributed by atoms with Crippen LogP contribution in [0.15, 0.2) is 55.3 Å². The van der Waals surface area contributed by atoms with Gasteiger partial charge in [-0.05, 0) is 24.7 Å². The molecular weight excluding hydrogens is 284 g/mol. The minimum Gasteiger partial charge on any atom is -0.480 e. The van der Waals surface area contributed by atoms with Gasteiger partial charge in [-0.1, -0.05) is 31.2 Å². The highest BCUT2D eigenvalue weighted by Gasteiger charge is 2.48. The van der Waals surface area contributed by atoms with Crippen LogP contribution in [0, 0.1) is 5.92 Å². The van der Waals surface area contributed by atoms with E-state index < -0.39 is 0 Å². The minimum atomic E-state index is -0.302. The summed E-state index contributed by atoms with van der Waals surface area (Å²) in [6.07, 6.45) is 5.26. The highest BCUT2D eigenvalue weighted by Crippen LogP contribution is 2.45. The number of nitrogens with zero attached hydrogens (tertiary/aromatic N) is 2. The molecule has 1 fully saturated rings. The zero-order chi connectivity index (χ0) is 15.9. The molecule has 1 saturated heterocycles. The Labute approximate surface area is 138 Å². The van der Waals surface area contributed by atoms with Crippen molar-refractivity contribution in [1.82, 2.24) is 9.47 Å². The van der Waals surface area contributed by atoms with E-state index in [2.05, 4.69) is 71.6 Å². The summed E-state index contributed by atoms with van der Waals surface area (Å²) in [5, 5.41) is 0. The van der Waals surface area contributed by atoms with Gasteiger partial charge < -0.3 is 14.2 Å². The molecule has 1 aromatic carbocycles. The first-order valence-corrected chi connectivity index (χ1v) is 8.54. The van der Waals surface area contributed by atoms with Crippen LogP contribution in [0.2, 0.25) is 0 Å². The summed E-state index contributed by atoms with van der Waals surface area (Å²) in [5.41, 5.74) is 2.24. The molecule has 0 bridgehead atoms. The average Bonchev–Trinajstić information content (AvgIpc) is 3.01. The third-order valence-electron chi connectivity index (χ3n) is 5.45. The Morgan fingerprint density at radius 2 is 2.17 bits per heavy atom. The molecule has 0 amide bonds. The lowest BCUT2D eigenvalue weighted by atomic mass is 9.78. The van der Waals surface area contributed by atoms with Crippen LogP contribution in [0.25, 0.3) is 0 Å². The van der Waals surface area contributed by atoms with Gasteiger partial charge in [-0.2, -0.15) is 0 Å². The first kappa shape index (κ1) is 14.6. The van der Waals surface area contributed by atoms with E-state index in [1.54, 1.807) is 0 Å². The molecule has 120 valence electrons. The Bertz CT molecular complexity index is 720. The second-order valence-corrected chi connectivity index (χ2v) is 6.61. The molecule has 2 aliphatic rings. The molecule has 1 spiro atoms. The van der Waals surface area contributed by atoms with Gasteiger partial charge in [0.1, 0.15) is 5.75 Å². The predicted octanol–water partition coefficient (Wildman–Crippen LogP) is 3.65. The number of likely N-dealkylation sites (tertiary alicyclic amines) is 1. The lowest BCUT2D eigenvalue weighted by molar-refractivity contribution is -0.0395. The van der Waals surface area contributed by atoms with Crippen molar-refractivity contribution in [3.05, 3.63) is 66.5 Å². The topological polar surface area (TPSA) is 17.4 Å². The maximum atomic E-state index is 6.75. The Morgan fingerprint density at radius 3 is 3.00 bits per heavy atom. The van der Waals surface area contributed by atoms with E-state index >= 15 is 0 Å². The fourth-order valence-electron chi connectivity index (χ4n) is 4.13. The van der Waals surface area contributed by atoms with Crippen LogP contribution in [0.4, 0.5) is 0 Å². The standard InChI is InChI=1S/C20H24N2O/c1-3-17-15-21(4-2)13-11-20(17)19-10-7-12-22(19)14-16-8-5-6-9-18(16)23-20/h3,5-10,12,17H,1,4,11,13-15H2,2H3. The van der Waals surface area contributed by atoms with Gasteiger partial charge >= 0.3 is 0 Å². The van der Waals surface area contributed by atoms with E-state index in [1.807, 2.05) is 0 Å². The monoisotopic (exact) mass is 308 g/mol. The molecule has 2 aromatic rings. The summed E-state index contributed by atoms with van der Waals surface area (Å²) in [6, 6.07) is 12.8. The van der Waals surface area contributed by atoms with E-state index in [1.165, 1.54) is 11.3 Å². The number of para-hydroxylation sites is 1. The summed E-state index contributed by atoms with van der Waals surface area (Å²) in [7, 11) is 0. The molecule has 2 unspecified atom stereocenters. The van der Waals surface area contributed by atoms with Crippen molar-refractivity contribution in [2.45, 2.75) is 25.5 Å². The zero-order valence-corrected chi connectivity index (χ0v) is 13.7. The SMILES string of the molecule is C=CC1CN(CC)CCC12Oc1ccccc1Cn1cccc12. The largest absolute Gasteiger partial charge is 0.480 e. The van der Waals surface area contributed by atoms with Crippen molar-refractivity contribution in [3.8, 4) is 5.75 Å². The molecule has 3 heteroatoms. The molecule has 0 aliphatic carbocycles. The second-order valence-electron chi connectivity index (χ2n) is 6.61. The van der Waals surface area contributed by atoms with Crippen molar-refractivity contribution in [2.24, 2.45) is 5.92 Å². The third-order valence-corrected chi connectivity index (χ3v) is 5.45. The molecule has 3 heterocycles. The number of hydrogen-bond donors (Lipinski definition) is 0. The van der Waals surface area contributed by atoms with Gasteiger partial charge in [0, 0.05) is 37.2 Å². The summed E-state index contributed by atoms with van der Waals surface area (Å²) in [5.74, 6) is 1.31. The molecular formula is C20H24N2O. The predicted molar refractivity (Wildman–Crippen MR) is 92.7 cm³/mol. The number of piperidine rings is 1. The van der Waals surface area contributed by atoms with Crippen LogP contribution < -0.4 is 4.74 Å². The summed E-state index contributed by atoms with van der Waals surface area (Å²) in [4.78, 5) is 2.49. The molecule has 3 nitrogen and oxygen atoms in total. The van der Waals surface area contributed by atoms with Gasteiger partial charge in [-0.15, -0.1) is 6.58 Å². The quantitative estimate of drug-likeness (QED) is 0.788. The van der Waals surface area contributed by atoms with Crippen LogP contribution in [-0.2, 0) is 12.1 Å². The fourth-order valence-corrected chi connectivity index (χ4v) is 4.13. The first-order valence-electron chi connectivity index (χ1n) is 8.54. The summed E-state index contributed by atoms with van der Waals surface area (Å²) < 4.78 is 9.10. The van der Waals surface area contributed by atoms with E-state index in [-0.39, 0.29) is 11.5 Å². The van der Waals surface area contributed by atoms with Gasteiger partial charge in [-0.25, -0.2) is 0 Å². The summed E-state index contributed by atoms with van der Waals surface area (Å²) >= 11 is 0. The van der Waals surface area contributed by atoms with Crippen LogP contribution in [0.1, 0.15) is 24.6 Å². The maximum absolute atomic E-state index is 6.75. The van der Waals surface area contributed by atoms with Gasteiger partial charge in [0.25, 0.3) is 0 Å². The average molecular weight is 308 g/mol. The minimum absolute atomic E-state index is 0.288. The third kappa shape index (κ3) is 2.22. The van der Waals surface area contributed by atoms with Crippen molar-refractivity contribution in [3.63, 3.8) is 0 Å². The van der Waals surface area contributed by atoms with Gasteiger partial charge in [-0.3, -0.25) is 0 Å². The van der Waals surface area contributed by atoms with Crippen molar-refractivity contribution in [2.75, 3.05) is 19.6 Å².